The van der Waals surface area contributed by atoms with Crippen molar-refractivity contribution in [2.75, 3.05) is 0 Å². The van der Waals surface area contributed by atoms with E-state index in [4.69, 9.17) is 0 Å². The lowest BCUT2D eigenvalue weighted by Crippen LogP contribution is -2.26. The Morgan fingerprint density at radius 1 is 0.950 bits per heavy atom. The summed E-state index contributed by atoms with van der Waals surface area (Å²) >= 11 is 0. The number of hydrogen-bond donors (Lipinski definition) is 1. The summed E-state index contributed by atoms with van der Waals surface area (Å²) in [6, 6.07) is 14.1. The highest BCUT2D eigenvalue weighted by Gasteiger charge is 2.18. The molecular formula is C16H19NO2S. The second kappa shape index (κ2) is 5.77. The van der Waals surface area contributed by atoms with Crippen LogP contribution in [0.2, 0.25) is 0 Å². The van der Waals surface area contributed by atoms with Gasteiger partial charge in [-0.15, -0.1) is 0 Å². The SMILES string of the molecule is Cc1ccc([C@H](C)NS(=O)(=O)c2ccccc2)cc1C. The van der Waals surface area contributed by atoms with E-state index in [2.05, 4.69) is 4.72 Å². The summed E-state index contributed by atoms with van der Waals surface area (Å²) in [6.45, 7) is 5.92. The Balaban J connectivity index is 2.23. The quantitative estimate of drug-likeness (QED) is 0.938. The largest absolute Gasteiger partial charge is 0.241 e. The highest BCUT2D eigenvalue weighted by Crippen LogP contribution is 2.19. The van der Waals surface area contributed by atoms with Gasteiger partial charge in [-0.1, -0.05) is 36.4 Å². The number of hydrogen-bond acceptors (Lipinski definition) is 2. The predicted molar refractivity (Wildman–Crippen MR) is 81.1 cm³/mol. The number of nitrogens with one attached hydrogen (secondary N) is 1. The molecule has 0 bridgehead atoms. The summed E-state index contributed by atoms with van der Waals surface area (Å²) in [7, 11) is -3.48. The van der Waals surface area contributed by atoms with Gasteiger partial charge in [0.15, 0.2) is 0 Å². The van der Waals surface area contributed by atoms with Crippen LogP contribution >= 0.6 is 0 Å². The first-order chi connectivity index (χ1) is 9.40. The zero-order valence-corrected chi connectivity index (χ0v) is 12.7. The molecule has 20 heavy (non-hydrogen) atoms. The van der Waals surface area contributed by atoms with Crippen LogP contribution in [0.15, 0.2) is 53.4 Å². The van der Waals surface area contributed by atoms with Gasteiger partial charge >= 0.3 is 0 Å². The minimum absolute atomic E-state index is 0.264. The third-order valence-electron chi connectivity index (χ3n) is 3.42. The van der Waals surface area contributed by atoms with Crippen molar-refractivity contribution in [3.8, 4) is 0 Å². The Hall–Kier alpha value is -1.65. The fraction of sp³-hybridized carbons (Fsp3) is 0.250. The number of sulfonamides is 1. The van der Waals surface area contributed by atoms with Gasteiger partial charge in [0, 0.05) is 6.04 Å². The smallest absolute Gasteiger partial charge is 0.207 e. The number of aryl methyl sites for hydroxylation is 2. The Labute approximate surface area is 120 Å². The molecule has 0 saturated heterocycles. The molecule has 0 unspecified atom stereocenters. The van der Waals surface area contributed by atoms with Gasteiger partial charge in [0.2, 0.25) is 10.0 Å². The lowest BCUT2D eigenvalue weighted by atomic mass is 10.0. The molecule has 3 nitrogen and oxygen atoms in total. The normalized spacial score (nSPS) is 13.2. The third kappa shape index (κ3) is 3.26. The lowest BCUT2D eigenvalue weighted by Gasteiger charge is -2.16. The second-order valence-corrected chi connectivity index (χ2v) is 6.71. The topological polar surface area (TPSA) is 46.2 Å². The molecule has 0 radical (unpaired) electrons. The zero-order valence-electron chi connectivity index (χ0n) is 11.9. The van der Waals surface area contributed by atoms with Gasteiger partial charge in [0.05, 0.1) is 4.90 Å². The molecule has 1 N–H and O–H groups in total. The molecule has 0 fully saturated rings. The minimum atomic E-state index is -3.48. The van der Waals surface area contributed by atoms with Gasteiger partial charge in [0.25, 0.3) is 0 Å². The molecule has 0 saturated carbocycles. The third-order valence-corrected chi connectivity index (χ3v) is 4.97. The van der Waals surface area contributed by atoms with E-state index in [0.29, 0.717) is 0 Å². The van der Waals surface area contributed by atoms with Crippen LogP contribution in [0, 0.1) is 13.8 Å². The van der Waals surface area contributed by atoms with E-state index in [1.807, 2.05) is 39.0 Å². The van der Waals surface area contributed by atoms with E-state index in [-0.39, 0.29) is 10.9 Å². The monoisotopic (exact) mass is 289 g/mol. The number of benzene rings is 2. The second-order valence-electron chi connectivity index (χ2n) is 5.00. The summed E-state index contributed by atoms with van der Waals surface area (Å²) in [4.78, 5) is 0.288. The van der Waals surface area contributed by atoms with Crippen LogP contribution in [0.4, 0.5) is 0 Å². The van der Waals surface area contributed by atoms with Crippen molar-refractivity contribution < 1.29 is 8.42 Å². The Bertz CT molecular complexity index is 694. The average molecular weight is 289 g/mol. The van der Waals surface area contributed by atoms with Crippen molar-refractivity contribution in [1.82, 2.24) is 4.72 Å². The fourth-order valence-electron chi connectivity index (χ4n) is 2.00. The van der Waals surface area contributed by atoms with Gasteiger partial charge in [-0.25, -0.2) is 13.1 Å². The van der Waals surface area contributed by atoms with Gasteiger partial charge < -0.3 is 0 Å². The van der Waals surface area contributed by atoms with E-state index in [1.165, 1.54) is 5.56 Å². The van der Waals surface area contributed by atoms with E-state index >= 15 is 0 Å². The Morgan fingerprint density at radius 2 is 1.60 bits per heavy atom. The van der Waals surface area contributed by atoms with Crippen LogP contribution in [0.1, 0.15) is 29.7 Å². The standard InChI is InChI=1S/C16H19NO2S/c1-12-9-10-15(11-13(12)2)14(3)17-20(18,19)16-7-5-4-6-8-16/h4-11,14,17H,1-3H3/t14-/m0/s1. The first kappa shape index (κ1) is 14.8. The van der Waals surface area contributed by atoms with E-state index < -0.39 is 10.0 Å². The molecule has 0 aromatic heterocycles. The van der Waals surface area contributed by atoms with E-state index in [1.54, 1.807) is 30.3 Å². The minimum Gasteiger partial charge on any atom is -0.207 e. The van der Waals surface area contributed by atoms with Crippen molar-refractivity contribution >= 4 is 10.0 Å². The maximum Gasteiger partial charge on any atom is 0.241 e. The fourth-order valence-corrected chi connectivity index (χ4v) is 3.26. The maximum absolute atomic E-state index is 12.3. The van der Waals surface area contributed by atoms with Crippen molar-refractivity contribution in [2.45, 2.75) is 31.7 Å². The van der Waals surface area contributed by atoms with Crippen molar-refractivity contribution in [1.29, 1.82) is 0 Å². The summed E-state index contributed by atoms with van der Waals surface area (Å²) in [6.07, 6.45) is 0. The van der Waals surface area contributed by atoms with Gasteiger partial charge in [-0.3, -0.25) is 0 Å². The highest BCUT2D eigenvalue weighted by atomic mass is 32.2. The highest BCUT2D eigenvalue weighted by molar-refractivity contribution is 7.89. The summed E-state index contributed by atoms with van der Waals surface area (Å²) < 4.78 is 27.2. The molecule has 1 atom stereocenters. The molecule has 4 heteroatoms. The van der Waals surface area contributed by atoms with Crippen molar-refractivity contribution in [3.63, 3.8) is 0 Å². The number of rotatable bonds is 4. The van der Waals surface area contributed by atoms with Crippen LogP contribution in [0.5, 0.6) is 0 Å². The maximum atomic E-state index is 12.3. The molecule has 0 aliphatic heterocycles. The van der Waals surface area contributed by atoms with Crippen LogP contribution in [-0.2, 0) is 10.0 Å². The molecule has 2 aromatic rings. The molecule has 106 valence electrons. The Morgan fingerprint density at radius 3 is 2.20 bits per heavy atom. The van der Waals surface area contributed by atoms with Crippen LogP contribution in [0.25, 0.3) is 0 Å². The molecule has 2 rings (SSSR count). The summed E-state index contributed by atoms with van der Waals surface area (Å²) in [5, 5.41) is 0. The van der Waals surface area contributed by atoms with E-state index in [9.17, 15) is 8.42 Å². The van der Waals surface area contributed by atoms with Crippen LogP contribution < -0.4 is 4.72 Å². The Kier molecular flexibility index (Phi) is 4.26. The molecular weight excluding hydrogens is 270 g/mol. The van der Waals surface area contributed by atoms with Crippen molar-refractivity contribution in [3.05, 3.63) is 65.2 Å². The lowest BCUT2D eigenvalue weighted by molar-refractivity contribution is 0.567. The summed E-state index contributed by atoms with van der Waals surface area (Å²) in [5.74, 6) is 0. The van der Waals surface area contributed by atoms with E-state index in [0.717, 1.165) is 11.1 Å². The average Bonchev–Trinajstić information content (AvgIpc) is 2.42. The van der Waals surface area contributed by atoms with Crippen LogP contribution in [-0.4, -0.2) is 8.42 Å². The van der Waals surface area contributed by atoms with Gasteiger partial charge in [-0.05, 0) is 49.6 Å². The summed E-state index contributed by atoms with van der Waals surface area (Å²) in [5.41, 5.74) is 3.33. The van der Waals surface area contributed by atoms with Crippen LogP contribution in [0.3, 0.4) is 0 Å². The first-order valence-electron chi connectivity index (χ1n) is 6.54. The zero-order chi connectivity index (χ0) is 14.8. The molecule has 0 aliphatic rings. The van der Waals surface area contributed by atoms with Crippen molar-refractivity contribution in [2.24, 2.45) is 0 Å². The predicted octanol–water partition coefficient (Wildman–Crippen LogP) is 3.34. The molecule has 0 aliphatic carbocycles. The van der Waals surface area contributed by atoms with Gasteiger partial charge in [0.1, 0.15) is 0 Å². The molecule has 0 amide bonds. The van der Waals surface area contributed by atoms with Gasteiger partial charge in [-0.2, -0.15) is 0 Å². The molecule has 2 aromatic carbocycles. The first-order valence-corrected chi connectivity index (χ1v) is 8.03. The molecule has 0 spiro atoms. The molecule has 0 heterocycles.